The zero-order valence-electron chi connectivity index (χ0n) is 15.7. The van der Waals surface area contributed by atoms with E-state index in [9.17, 15) is 22.8 Å². The molecule has 1 aromatic rings. The Bertz CT molecular complexity index is 861. The minimum Gasteiger partial charge on any atom is -0.463 e. The number of rotatable bonds is 7. The van der Waals surface area contributed by atoms with Gasteiger partial charge in [-0.3, -0.25) is 9.59 Å². The van der Waals surface area contributed by atoms with Gasteiger partial charge in [0.15, 0.2) is 5.88 Å². The molecular weight excluding hydrogens is 389 g/mol. The van der Waals surface area contributed by atoms with Crippen LogP contribution in [0.25, 0.3) is 0 Å². The molecule has 0 aromatic carbocycles. The number of aromatic nitrogens is 1. The maximum Gasteiger partial charge on any atom is 0.428 e. The number of hydrogen-bond donors (Lipinski definition) is 3. The van der Waals surface area contributed by atoms with Crippen molar-refractivity contribution in [3.8, 4) is 0 Å². The fourth-order valence-corrected chi connectivity index (χ4v) is 2.64. The summed E-state index contributed by atoms with van der Waals surface area (Å²) >= 11 is 0. The van der Waals surface area contributed by atoms with Crippen LogP contribution in [0.3, 0.4) is 0 Å². The molecule has 1 aromatic heterocycles. The van der Waals surface area contributed by atoms with Crippen LogP contribution in [-0.2, 0) is 9.53 Å². The molecular formula is C19H21F3N4O3. The quantitative estimate of drug-likeness (QED) is 0.643. The molecule has 0 unspecified atom stereocenters. The van der Waals surface area contributed by atoms with Crippen LogP contribution in [0.15, 0.2) is 41.9 Å². The van der Waals surface area contributed by atoms with E-state index in [2.05, 4.69) is 20.9 Å². The summed E-state index contributed by atoms with van der Waals surface area (Å²) in [6.07, 6.45) is 0.279. The number of halogens is 3. The largest absolute Gasteiger partial charge is 0.463 e. The zero-order chi connectivity index (χ0) is 21.1. The summed E-state index contributed by atoms with van der Waals surface area (Å²) in [6, 6.07) is 2.98. The molecule has 0 radical (unpaired) electrons. The Balaban J connectivity index is 1.54. The Morgan fingerprint density at radius 1 is 1.31 bits per heavy atom. The lowest BCUT2D eigenvalue weighted by Gasteiger charge is -2.25. The van der Waals surface area contributed by atoms with Gasteiger partial charge < -0.3 is 20.7 Å². The van der Waals surface area contributed by atoms with Crippen molar-refractivity contribution in [1.29, 1.82) is 0 Å². The fourth-order valence-electron chi connectivity index (χ4n) is 2.64. The van der Waals surface area contributed by atoms with Crippen molar-refractivity contribution in [2.24, 2.45) is 0 Å². The molecule has 1 aliphatic heterocycles. The Labute approximate surface area is 165 Å². The van der Waals surface area contributed by atoms with Crippen LogP contribution in [-0.4, -0.2) is 41.7 Å². The number of hydrogen-bond acceptors (Lipinski definition) is 5. The van der Waals surface area contributed by atoms with Gasteiger partial charge in [0.25, 0.3) is 5.91 Å². The topological polar surface area (TPSA) is 92.4 Å². The molecule has 2 heterocycles. The highest BCUT2D eigenvalue weighted by molar-refractivity contribution is 5.96. The number of ether oxygens (including phenoxy) is 1. The van der Waals surface area contributed by atoms with Crippen LogP contribution in [0, 0.1) is 0 Å². The Morgan fingerprint density at radius 2 is 2.07 bits per heavy atom. The maximum absolute atomic E-state index is 12.9. The van der Waals surface area contributed by atoms with Crippen molar-refractivity contribution in [2.45, 2.75) is 38.0 Å². The van der Waals surface area contributed by atoms with Crippen molar-refractivity contribution in [3.05, 3.63) is 47.5 Å². The molecule has 3 rings (SSSR count). The van der Waals surface area contributed by atoms with Crippen molar-refractivity contribution in [1.82, 2.24) is 15.6 Å². The molecule has 1 saturated carbocycles. The van der Waals surface area contributed by atoms with E-state index in [-0.39, 0.29) is 49.4 Å². The van der Waals surface area contributed by atoms with E-state index in [1.54, 1.807) is 13.0 Å². The number of allylic oxidation sites excluding steroid dienone is 2. The molecule has 0 atom stereocenters. The molecule has 29 heavy (non-hydrogen) atoms. The summed E-state index contributed by atoms with van der Waals surface area (Å²) in [5.74, 6) is -0.219. The number of amides is 2. The van der Waals surface area contributed by atoms with E-state index in [1.165, 1.54) is 24.4 Å². The zero-order valence-corrected chi connectivity index (χ0v) is 15.7. The highest BCUT2D eigenvalue weighted by Crippen LogP contribution is 2.53. The minimum atomic E-state index is -4.40. The van der Waals surface area contributed by atoms with Crippen LogP contribution in [0.4, 0.5) is 19.0 Å². The smallest absolute Gasteiger partial charge is 0.428 e. The second-order valence-electron chi connectivity index (χ2n) is 6.82. The van der Waals surface area contributed by atoms with E-state index < -0.39 is 11.8 Å². The average molecular weight is 410 g/mol. The minimum absolute atomic E-state index is 0.0468. The molecule has 0 spiro atoms. The van der Waals surface area contributed by atoms with Gasteiger partial charge in [0.2, 0.25) is 11.5 Å². The molecule has 2 aliphatic rings. The predicted molar refractivity (Wildman–Crippen MR) is 98.8 cm³/mol. The SMILES string of the molecule is CCC(=O)Nc1cc(C(=O)NCC2=CC=C(OC3(C(F)(F)F)CC3)NC2)ccn1. The van der Waals surface area contributed by atoms with Crippen molar-refractivity contribution >= 4 is 17.6 Å². The van der Waals surface area contributed by atoms with Crippen LogP contribution < -0.4 is 16.0 Å². The van der Waals surface area contributed by atoms with Gasteiger partial charge in [0.05, 0.1) is 0 Å². The molecule has 7 nitrogen and oxygen atoms in total. The van der Waals surface area contributed by atoms with Crippen LogP contribution >= 0.6 is 0 Å². The number of pyridine rings is 1. The Kier molecular flexibility index (Phi) is 5.81. The summed E-state index contributed by atoms with van der Waals surface area (Å²) in [5, 5.41) is 8.10. The maximum atomic E-state index is 12.9. The molecule has 0 saturated heterocycles. The lowest BCUT2D eigenvalue weighted by Crippen LogP contribution is -2.37. The van der Waals surface area contributed by atoms with Gasteiger partial charge in [-0.15, -0.1) is 0 Å². The lowest BCUT2D eigenvalue weighted by atomic mass is 10.2. The molecule has 1 fully saturated rings. The summed E-state index contributed by atoms with van der Waals surface area (Å²) in [5.41, 5.74) is -0.968. The van der Waals surface area contributed by atoms with E-state index in [4.69, 9.17) is 4.74 Å². The second-order valence-corrected chi connectivity index (χ2v) is 6.82. The Morgan fingerprint density at radius 3 is 2.66 bits per heavy atom. The first-order valence-electron chi connectivity index (χ1n) is 9.16. The molecule has 3 N–H and O–H groups in total. The van der Waals surface area contributed by atoms with Gasteiger partial charge in [0.1, 0.15) is 5.82 Å². The summed E-state index contributed by atoms with van der Waals surface area (Å²) in [4.78, 5) is 27.7. The first-order chi connectivity index (χ1) is 13.7. The highest BCUT2D eigenvalue weighted by Gasteiger charge is 2.66. The molecule has 156 valence electrons. The summed E-state index contributed by atoms with van der Waals surface area (Å²) < 4.78 is 43.9. The number of carbonyl (C=O) groups is 2. The summed E-state index contributed by atoms with van der Waals surface area (Å²) in [7, 11) is 0. The van der Waals surface area contributed by atoms with Gasteiger partial charge in [0, 0.05) is 44.1 Å². The van der Waals surface area contributed by atoms with E-state index in [0.717, 1.165) is 5.57 Å². The fraction of sp³-hybridized carbons (Fsp3) is 0.421. The summed E-state index contributed by atoms with van der Waals surface area (Å²) in [6.45, 7) is 2.17. The normalized spacial score (nSPS) is 17.4. The van der Waals surface area contributed by atoms with E-state index in [1.807, 2.05) is 0 Å². The molecule has 10 heteroatoms. The number of alkyl halides is 3. The predicted octanol–water partition coefficient (Wildman–Crippen LogP) is 2.64. The monoisotopic (exact) mass is 410 g/mol. The van der Waals surface area contributed by atoms with Crippen LogP contribution in [0.1, 0.15) is 36.5 Å². The molecule has 0 bridgehead atoms. The third kappa shape index (κ3) is 5.07. The van der Waals surface area contributed by atoms with E-state index in [0.29, 0.717) is 12.0 Å². The standard InChI is InChI=1S/C19H21F3N4O3/c1-2-15(27)26-14-9-13(5-8-23-14)17(28)25-11-12-3-4-16(24-10-12)29-18(6-7-18)19(20,21)22/h3-5,8-9,24H,2,6-7,10-11H2,1H3,(H,25,28)(H,23,26,27). The number of dihydropyridines is 1. The molecule has 2 amide bonds. The van der Waals surface area contributed by atoms with Crippen molar-refractivity contribution in [3.63, 3.8) is 0 Å². The number of nitrogens with zero attached hydrogens (tertiary/aromatic N) is 1. The van der Waals surface area contributed by atoms with Gasteiger partial charge in [-0.25, -0.2) is 4.98 Å². The van der Waals surface area contributed by atoms with Crippen LogP contribution in [0.5, 0.6) is 0 Å². The van der Waals surface area contributed by atoms with Crippen molar-refractivity contribution in [2.75, 3.05) is 18.4 Å². The molecule has 1 aliphatic carbocycles. The van der Waals surface area contributed by atoms with Crippen molar-refractivity contribution < 1.29 is 27.5 Å². The highest BCUT2D eigenvalue weighted by atomic mass is 19.4. The van der Waals surface area contributed by atoms with Crippen LogP contribution in [0.2, 0.25) is 0 Å². The van der Waals surface area contributed by atoms with Gasteiger partial charge in [-0.1, -0.05) is 13.0 Å². The Hall–Kier alpha value is -3.04. The lowest BCUT2D eigenvalue weighted by molar-refractivity contribution is -0.225. The number of carbonyl (C=O) groups excluding carboxylic acids is 2. The van der Waals surface area contributed by atoms with Gasteiger partial charge >= 0.3 is 6.18 Å². The first-order valence-corrected chi connectivity index (χ1v) is 9.16. The van der Waals surface area contributed by atoms with E-state index >= 15 is 0 Å². The number of nitrogens with one attached hydrogen (secondary N) is 3. The van der Waals surface area contributed by atoms with Gasteiger partial charge in [-0.05, 0) is 23.8 Å². The third-order valence-electron chi connectivity index (χ3n) is 4.57. The van der Waals surface area contributed by atoms with Gasteiger partial charge in [-0.2, -0.15) is 13.2 Å². The first kappa shape index (κ1) is 20.7. The number of anilines is 1. The second kappa shape index (κ2) is 8.14. The third-order valence-corrected chi connectivity index (χ3v) is 4.57. The average Bonchev–Trinajstić information content (AvgIpc) is 3.48.